The maximum atomic E-state index is 11.2. The summed E-state index contributed by atoms with van der Waals surface area (Å²) >= 11 is 0. The van der Waals surface area contributed by atoms with Crippen LogP contribution in [0.1, 0.15) is 53.4 Å². The van der Waals surface area contributed by atoms with E-state index in [4.69, 9.17) is 9.47 Å². The van der Waals surface area contributed by atoms with Gasteiger partial charge in [-0.1, -0.05) is 32.1 Å². The van der Waals surface area contributed by atoms with Gasteiger partial charge in [0.15, 0.2) is 5.60 Å². The topological polar surface area (TPSA) is 35.5 Å². The minimum absolute atomic E-state index is 0.321. The Bertz CT molecular complexity index is 262. The number of hydrogen-bond acceptors (Lipinski definition) is 3. The van der Waals surface area contributed by atoms with Crippen LogP contribution in [-0.2, 0) is 9.47 Å². The van der Waals surface area contributed by atoms with Crippen molar-refractivity contribution >= 4 is 6.16 Å². The molecule has 0 aromatic carbocycles. The Morgan fingerprint density at radius 3 is 2.50 bits per heavy atom. The van der Waals surface area contributed by atoms with Crippen molar-refractivity contribution in [1.82, 2.24) is 0 Å². The van der Waals surface area contributed by atoms with Gasteiger partial charge in [-0.05, 0) is 26.7 Å². The van der Waals surface area contributed by atoms with Crippen molar-refractivity contribution in [2.24, 2.45) is 0 Å². The molecular weight excluding hydrogens is 204 g/mol. The summed E-state index contributed by atoms with van der Waals surface area (Å²) in [6, 6.07) is 0. The molecule has 92 valence electrons. The van der Waals surface area contributed by atoms with Crippen LogP contribution in [0.5, 0.6) is 0 Å². The van der Waals surface area contributed by atoms with Gasteiger partial charge >= 0.3 is 6.16 Å². The molecule has 0 radical (unpaired) electrons. The molecule has 0 saturated heterocycles. The van der Waals surface area contributed by atoms with Gasteiger partial charge in [-0.15, -0.1) is 0 Å². The Balaban J connectivity index is 4.27. The molecule has 0 rings (SSSR count). The van der Waals surface area contributed by atoms with E-state index in [0.29, 0.717) is 13.0 Å². The fourth-order valence-electron chi connectivity index (χ4n) is 1.03. The molecule has 3 nitrogen and oxygen atoms in total. The van der Waals surface area contributed by atoms with Crippen LogP contribution in [0.25, 0.3) is 0 Å². The lowest BCUT2D eigenvalue weighted by Crippen LogP contribution is -2.29. The van der Waals surface area contributed by atoms with Crippen molar-refractivity contribution in [3.63, 3.8) is 0 Å². The van der Waals surface area contributed by atoms with Crippen LogP contribution in [0, 0.1) is 11.8 Å². The molecule has 0 aromatic heterocycles. The maximum absolute atomic E-state index is 11.2. The van der Waals surface area contributed by atoms with Crippen LogP contribution in [0.4, 0.5) is 4.79 Å². The van der Waals surface area contributed by atoms with E-state index in [1.165, 1.54) is 0 Å². The summed E-state index contributed by atoms with van der Waals surface area (Å²) in [5.41, 5.74) is -0.722. The monoisotopic (exact) mass is 226 g/mol. The van der Waals surface area contributed by atoms with E-state index in [1.807, 2.05) is 13.8 Å². The first-order valence-electron chi connectivity index (χ1n) is 5.93. The zero-order chi connectivity index (χ0) is 12.4. The summed E-state index contributed by atoms with van der Waals surface area (Å²) in [5, 5.41) is 0. The lowest BCUT2D eigenvalue weighted by atomic mass is 10.0. The molecule has 16 heavy (non-hydrogen) atoms. The molecule has 3 heteroatoms. The standard InChI is InChI=1S/C13H22O3/c1-5-8-9-10-11-13(4,6-2)16-12(14)15-7-3/h5-9H2,1-4H3. The number of rotatable bonds is 5. The summed E-state index contributed by atoms with van der Waals surface area (Å²) < 4.78 is 9.91. The van der Waals surface area contributed by atoms with E-state index >= 15 is 0 Å². The minimum atomic E-state index is -0.722. The number of carbonyl (C=O) groups excluding carboxylic acids is 1. The van der Waals surface area contributed by atoms with E-state index in [0.717, 1.165) is 19.3 Å². The molecule has 1 atom stereocenters. The van der Waals surface area contributed by atoms with Crippen molar-refractivity contribution in [3.05, 3.63) is 0 Å². The molecule has 0 aliphatic carbocycles. The highest BCUT2D eigenvalue weighted by atomic mass is 16.7. The predicted molar refractivity (Wildman–Crippen MR) is 64.1 cm³/mol. The number of ether oxygens (including phenoxy) is 2. The Morgan fingerprint density at radius 2 is 2.00 bits per heavy atom. The normalized spacial score (nSPS) is 13.2. The van der Waals surface area contributed by atoms with Gasteiger partial charge in [-0.2, -0.15) is 0 Å². The lowest BCUT2D eigenvalue weighted by Gasteiger charge is -2.21. The SMILES string of the molecule is CCCCC#CC(C)(CC)OC(=O)OCC. The van der Waals surface area contributed by atoms with E-state index in [2.05, 4.69) is 18.8 Å². The summed E-state index contributed by atoms with van der Waals surface area (Å²) in [7, 11) is 0. The Labute approximate surface area is 98.5 Å². The summed E-state index contributed by atoms with van der Waals surface area (Å²) in [4.78, 5) is 11.2. The van der Waals surface area contributed by atoms with Crippen LogP contribution >= 0.6 is 0 Å². The fraction of sp³-hybridized carbons (Fsp3) is 0.769. The van der Waals surface area contributed by atoms with Gasteiger partial charge in [0, 0.05) is 6.42 Å². The van der Waals surface area contributed by atoms with Crippen LogP contribution in [0.2, 0.25) is 0 Å². The summed E-state index contributed by atoms with van der Waals surface area (Å²) in [6.07, 6.45) is 3.06. The third kappa shape index (κ3) is 6.34. The molecule has 0 fully saturated rings. The van der Waals surface area contributed by atoms with Crippen molar-refractivity contribution in [2.75, 3.05) is 6.61 Å². The second-order valence-electron chi connectivity index (χ2n) is 3.77. The zero-order valence-corrected chi connectivity index (χ0v) is 10.8. The van der Waals surface area contributed by atoms with Crippen LogP contribution in [-0.4, -0.2) is 18.4 Å². The van der Waals surface area contributed by atoms with E-state index in [1.54, 1.807) is 6.92 Å². The zero-order valence-electron chi connectivity index (χ0n) is 10.8. The van der Waals surface area contributed by atoms with Gasteiger partial charge in [-0.3, -0.25) is 0 Å². The summed E-state index contributed by atoms with van der Waals surface area (Å²) in [6.45, 7) is 7.94. The van der Waals surface area contributed by atoms with E-state index in [9.17, 15) is 4.79 Å². The van der Waals surface area contributed by atoms with Gasteiger partial charge in [0.25, 0.3) is 0 Å². The van der Waals surface area contributed by atoms with Gasteiger partial charge in [0.2, 0.25) is 0 Å². The molecule has 0 spiro atoms. The molecule has 0 amide bonds. The minimum Gasteiger partial charge on any atom is -0.435 e. The molecular formula is C13H22O3. The molecule has 0 N–H and O–H groups in total. The predicted octanol–water partition coefficient (Wildman–Crippen LogP) is 3.52. The molecule has 0 bridgehead atoms. The average Bonchev–Trinajstić information content (AvgIpc) is 2.25. The largest absolute Gasteiger partial charge is 0.509 e. The van der Waals surface area contributed by atoms with Crippen LogP contribution in [0.15, 0.2) is 0 Å². The molecule has 0 heterocycles. The second-order valence-corrected chi connectivity index (χ2v) is 3.77. The number of unbranched alkanes of at least 4 members (excludes halogenated alkanes) is 2. The van der Waals surface area contributed by atoms with E-state index in [-0.39, 0.29) is 0 Å². The van der Waals surface area contributed by atoms with Crippen LogP contribution < -0.4 is 0 Å². The third-order valence-corrected chi connectivity index (χ3v) is 2.25. The Kier molecular flexibility index (Phi) is 7.45. The Hall–Kier alpha value is -1.17. The van der Waals surface area contributed by atoms with Crippen molar-refractivity contribution < 1.29 is 14.3 Å². The first kappa shape index (κ1) is 14.8. The average molecular weight is 226 g/mol. The van der Waals surface area contributed by atoms with Gasteiger partial charge in [-0.25, -0.2) is 4.79 Å². The highest BCUT2D eigenvalue weighted by Crippen LogP contribution is 2.15. The number of hydrogen-bond donors (Lipinski definition) is 0. The second kappa shape index (κ2) is 8.04. The molecule has 0 aromatic rings. The van der Waals surface area contributed by atoms with Gasteiger partial charge in [0.05, 0.1) is 6.61 Å². The highest BCUT2D eigenvalue weighted by molar-refractivity contribution is 5.61. The molecule has 0 aliphatic rings. The van der Waals surface area contributed by atoms with Gasteiger partial charge in [0.1, 0.15) is 0 Å². The van der Waals surface area contributed by atoms with Gasteiger partial charge < -0.3 is 9.47 Å². The van der Waals surface area contributed by atoms with E-state index < -0.39 is 11.8 Å². The fourth-order valence-corrected chi connectivity index (χ4v) is 1.03. The molecule has 0 aliphatic heterocycles. The first-order chi connectivity index (χ1) is 7.58. The summed E-state index contributed by atoms with van der Waals surface area (Å²) in [5.74, 6) is 6.04. The van der Waals surface area contributed by atoms with Crippen LogP contribution in [0.3, 0.4) is 0 Å². The Morgan fingerprint density at radius 1 is 1.31 bits per heavy atom. The third-order valence-electron chi connectivity index (χ3n) is 2.25. The van der Waals surface area contributed by atoms with Crippen molar-refractivity contribution in [1.29, 1.82) is 0 Å². The highest BCUT2D eigenvalue weighted by Gasteiger charge is 2.24. The number of carbonyl (C=O) groups is 1. The molecule has 1 unspecified atom stereocenters. The maximum Gasteiger partial charge on any atom is 0.509 e. The van der Waals surface area contributed by atoms with Crippen molar-refractivity contribution in [3.8, 4) is 11.8 Å². The smallest absolute Gasteiger partial charge is 0.435 e. The van der Waals surface area contributed by atoms with Crippen molar-refractivity contribution in [2.45, 2.75) is 59.0 Å². The lowest BCUT2D eigenvalue weighted by molar-refractivity contribution is 0.00297. The quantitative estimate of drug-likeness (QED) is 0.409. The first-order valence-corrected chi connectivity index (χ1v) is 5.93. The molecule has 0 saturated carbocycles.